The van der Waals surface area contributed by atoms with Crippen molar-refractivity contribution in [3.63, 3.8) is 0 Å². The summed E-state index contributed by atoms with van der Waals surface area (Å²) in [6.07, 6.45) is 1.98. The number of aromatic nitrogens is 1. The van der Waals surface area contributed by atoms with Crippen LogP contribution in [0.2, 0.25) is 19.6 Å². The predicted octanol–water partition coefficient (Wildman–Crippen LogP) is 7.27. The van der Waals surface area contributed by atoms with Gasteiger partial charge in [-0.05, 0) is 62.3 Å². The van der Waals surface area contributed by atoms with Gasteiger partial charge < -0.3 is 0 Å². The lowest BCUT2D eigenvalue weighted by molar-refractivity contribution is 0.596. The molecule has 0 spiro atoms. The number of hydrogen-bond donors (Lipinski definition) is 0. The molecule has 2 heterocycles. The van der Waals surface area contributed by atoms with Crippen molar-refractivity contribution in [1.29, 1.82) is 0 Å². The Morgan fingerprint density at radius 1 is 0.929 bits per heavy atom. The highest BCUT2D eigenvalue weighted by Gasteiger charge is 2.25. The maximum atomic E-state index is 4.87. The zero-order valence-corrected chi connectivity index (χ0v) is 19.8. The first-order valence-corrected chi connectivity index (χ1v) is 14.3. The maximum absolute atomic E-state index is 4.87. The van der Waals surface area contributed by atoms with E-state index in [1.54, 1.807) is 4.50 Å². The Bertz CT molecular complexity index is 1190. The molecule has 0 unspecified atom stereocenters. The van der Waals surface area contributed by atoms with Crippen molar-refractivity contribution in [2.75, 3.05) is 0 Å². The van der Waals surface area contributed by atoms with Crippen molar-refractivity contribution in [2.45, 2.75) is 52.8 Å². The van der Waals surface area contributed by atoms with Crippen LogP contribution in [0.4, 0.5) is 0 Å². The Hall–Kier alpha value is -1.97. The zero-order valence-electron chi connectivity index (χ0n) is 18.0. The van der Waals surface area contributed by atoms with Gasteiger partial charge in [-0.15, -0.1) is 11.3 Å². The van der Waals surface area contributed by atoms with Crippen molar-refractivity contribution >= 4 is 44.8 Å². The molecule has 0 radical (unpaired) electrons. The van der Waals surface area contributed by atoms with Crippen molar-refractivity contribution in [2.24, 2.45) is 0 Å². The maximum Gasteiger partial charge on any atom is 0.0908 e. The lowest BCUT2D eigenvalue weighted by atomic mass is 9.82. The minimum absolute atomic E-state index is 0.0817. The highest BCUT2D eigenvalue weighted by molar-refractivity contribution is 7.32. The monoisotopic (exact) mass is 403 g/mol. The molecular formula is C25H29NSSi. The smallest absolute Gasteiger partial charge is 0.0908 e. The van der Waals surface area contributed by atoms with Crippen LogP contribution < -0.4 is 4.50 Å². The molecule has 0 aliphatic heterocycles. The van der Waals surface area contributed by atoms with Crippen molar-refractivity contribution in [3.8, 4) is 11.3 Å². The van der Waals surface area contributed by atoms with E-state index in [1.807, 2.05) is 17.5 Å². The fourth-order valence-corrected chi connectivity index (χ4v) is 7.99. The second-order valence-corrected chi connectivity index (χ2v) is 16.2. The minimum atomic E-state index is -1.38. The van der Waals surface area contributed by atoms with E-state index in [0.29, 0.717) is 0 Å². The Balaban J connectivity index is 2.05. The number of pyridine rings is 1. The summed E-state index contributed by atoms with van der Waals surface area (Å²) >= 11 is 1.97. The molecule has 0 bridgehead atoms. The average molecular weight is 404 g/mol. The van der Waals surface area contributed by atoms with Crippen molar-refractivity contribution < 1.29 is 0 Å². The third-order valence-electron chi connectivity index (χ3n) is 5.48. The SMILES string of the molecule is Cc1c([Si](C)(C)C)sc2c(-c3cc(C(C)(C)C)c4ccccc4c3)nccc12. The topological polar surface area (TPSA) is 12.9 Å². The summed E-state index contributed by atoms with van der Waals surface area (Å²) < 4.78 is 2.93. The number of fused-ring (bicyclic) bond motifs is 2. The van der Waals surface area contributed by atoms with E-state index in [-0.39, 0.29) is 5.41 Å². The highest BCUT2D eigenvalue weighted by atomic mass is 32.1. The van der Waals surface area contributed by atoms with E-state index in [9.17, 15) is 0 Å². The van der Waals surface area contributed by atoms with Gasteiger partial charge in [0.1, 0.15) is 0 Å². The summed E-state index contributed by atoms with van der Waals surface area (Å²) in [5.41, 5.74) is 5.29. The molecule has 2 aromatic heterocycles. The number of thiophene rings is 1. The van der Waals surface area contributed by atoms with Gasteiger partial charge in [-0.3, -0.25) is 4.98 Å². The summed E-state index contributed by atoms with van der Waals surface area (Å²) in [5, 5.41) is 4.01. The highest BCUT2D eigenvalue weighted by Crippen LogP contribution is 2.38. The molecule has 2 aromatic carbocycles. The molecule has 28 heavy (non-hydrogen) atoms. The van der Waals surface area contributed by atoms with E-state index >= 15 is 0 Å². The summed E-state index contributed by atoms with van der Waals surface area (Å²) in [7, 11) is -1.38. The summed E-state index contributed by atoms with van der Waals surface area (Å²) in [6, 6.07) is 15.6. The Kier molecular flexibility index (Phi) is 4.51. The molecule has 0 atom stereocenters. The van der Waals surface area contributed by atoms with Crippen LogP contribution in [0.15, 0.2) is 48.7 Å². The van der Waals surface area contributed by atoms with Crippen LogP contribution in [0.25, 0.3) is 32.1 Å². The summed E-state index contributed by atoms with van der Waals surface area (Å²) in [4.78, 5) is 4.87. The van der Waals surface area contributed by atoms with Crippen LogP contribution in [0.5, 0.6) is 0 Å². The molecule has 4 aromatic rings. The second kappa shape index (κ2) is 6.53. The van der Waals surface area contributed by atoms with E-state index in [4.69, 9.17) is 4.98 Å². The molecule has 144 valence electrons. The van der Waals surface area contributed by atoms with Gasteiger partial charge in [0.2, 0.25) is 0 Å². The molecule has 1 nitrogen and oxygen atoms in total. The van der Waals surface area contributed by atoms with Crippen LogP contribution in [-0.4, -0.2) is 13.1 Å². The third kappa shape index (κ3) is 3.21. The Morgan fingerprint density at radius 3 is 2.32 bits per heavy atom. The number of rotatable bonds is 2. The molecule has 0 saturated carbocycles. The minimum Gasteiger partial charge on any atom is -0.255 e. The van der Waals surface area contributed by atoms with Gasteiger partial charge in [-0.25, -0.2) is 0 Å². The van der Waals surface area contributed by atoms with E-state index in [1.165, 1.54) is 37.5 Å². The summed E-state index contributed by atoms with van der Waals surface area (Å²) in [6.45, 7) is 16.5. The molecule has 0 aliphatic rings. The average Bonchev–Trinajstić information content (AvgIpc) is 2.97. The Morgan fingerprint density at radius 2 is 1.64 bits per heavy atom. The van der Waals surface area contributed by atoms with Crippen LogP contribution >= 0.6 is 11.3 Å². The largest absolute Gasteiger partial charge is 0.255 e. The molecule has 0 N–H and O–H groups in total. The number of benzene rings is 2. The Labute approximate surface area is 173 Å². The lowest BCUT2D eigenvalue weighted by Gasteiger charge is -2.22. The van der Waals surface area contributed by atoms with Crippen LogP contribution in [-0.2, 0) is 5.41 Å². The number of aryl methyl sites for hydroxylation is 1. The van der Waals surface area contributed by atoms with Gasteiger partial charge in [-0.1, -0.05) is 64.7 Å². The molecular weight excluding hydrogens is 374 g/mol. The fourth-order valence-electron chi connectivity index (χ4n) is 4.14. The van der Waals surface area contributed by atoms with Gasteiger partial charge in [0.15, 0.2) is 0 Å². The first kappa shape index (κ1) is 19.3. The van der Waals surface area contributed by atoms with Crippen LogP contribution in [0.3, 0.4) is 0 Å². The quantitative estimate of drug-likeness (QED) is 0.321. The molecule has 0 amide bonds. The van der Waals surface area contributed by atoms with Gasteiger partial charge in [0, 0.05) is 11.8 Å². The first-order valence-electron chi connectivity index (χ1n) is 9.99. The number of hydrogen-bond acceptors (Lipinski definition) is 2. The molecule has 0 fully saturated rings. The van der Waals surface area contributed by atoms with Crippen molar-refractivity contribution in [3.05, 3.63) is 59.8 Å². The second-order valence-electron chi connectivity index (χ2n) is 9.84. The molecule has 0 aliphatic carbocycles. The fraction of sp³-hybridized carbons (Fsp3) is 0.320. The van der Waals surface area contributed by atoms with Gasteiger partial charge in [-0.2, -0.15) is 0 Å². The van der Waals surface area contributed by atoms with Gasteiger partial charge in [0.05, 0.1) is 18.5 Å². The first-order chi connectivity index (χ1) is 13.1. The normalized spacial score (nSPS) is 12.8. The molecule has 4 rings (SSSR count). The standard InChI is InChI=1S/C25H29NSSi/c1-16-19-12-13-26-22(23(19)27-24(16)28(5,6)7)18-14-17-10-8-9-11-20(17)21(15-18)25(2,3)4/h8-15H,1-7H3. The van der Waals surface area contributed by atoms with Gasteiger partial charge in [0.25, 0.3) is 0 Å². The zero-order chi connectivity index (χ0) is 20.3. The molecule has 3 heteroatoms. The predicted molar refractivity (Wildman–Crippen MR) is 129 cm³/mol. The molecule has 0 saturated heterocycles. The number of nitrogens with zero attached hydrogens (tertiary/aromatic N) is 1. The summed E-state index contributed by atoms with van der Waals surface area (Å²) in [5.74, 6) is 0. The third-order valence-corrected chi connectivity index (χ3v) is 10.5. The lowest BCUT2D eigenvalue weighted by Crippen LogP contribution is -2.36. The van der Waals surface area contributed by atoms with Crippen LogP contribution in [0.1, 0.15) is 31.9 Å². The van der Waals surface area contributed by atoms with Crippen molar-refractivity contribution in [1.82, 2.24) is 4.98 Å². The van der Waals surface area contributed by atoms with E-state index in [0.717, 1.165) is 5.69 Å². The van der Waals surface area contributed by atoms with Gasteiger partial charge >= 0.3 is 0 Å². The van der Waals surface area contributed by atoms with E-state index in [2.05, 4.69) is 89.8 Å². The van der Waals surface area contributed by atoms with E-state index < -0.39 is 8.07 Å². The van der Waals surface area contributed by atoms with Crippen LogP contribution in [0, 0.1) is 6.92 Å².